The first-order valence-corrected chi connectivity index (χ1v) is 8.16. The average molecular weight is 367 g/mol. The Bertz CT molecular complexity index is 642. The molecule has 0 aliphatic heterocycles. The van der Waals surface area contributed by atoms with Crippen molar-refractivity contribution in [3.8, 4) is 0 Å². The van der Waals surface area contributed by atoms with E-state index in [1.54, 1.807) is 0 Å². The fraction of sp³-hybridized carbons (Fsp3) is 0.235. The highest BCUT2D eigenvalue weighted by molar-refractivity contribution is 9.10. The minimum atomic E-state index is -0.0942. The number of hydrogen-bond acceptors (Lipinski definition) is 1. The third kappa shape index (κ3) is 4.32. The van der Waals surface area contributed by atoms with Crippen molar-refractivity contribution in [2.24, 2.45) is 0 Å². The van der Waals surface area contributed by atoms with Crippen LogP contribution in [0.3, 0.4) is 0 Å². The topological polar surface area (TPSA) is 29.1 Å². The van der Waals surface area contributed by atoms with Crippen LogP contribution in [0.15, 0.2) is 46.9 Å². The van der Waals surface area contributed by atoms with Gasteiger partial charge in [-0.25, -0.2) is 0 Å². The van der Waals surface area contributed by atoms with Gasteiger partial charge >= 0.3 is 0 Å². The van der Waals surface area contributed by atoms with Gasteiger partial charge in [-0.1, -0.05) is 34.1 Å². The summed E-state index contributed by atoms with van der Waals surface area (Å²) in [7, 11) is 0. The van der Waals surface area contributed by atoms with E-state index < -0.39 is 0 Å². The summed E-state index contributed by atoms with van der Waals surface area (Å²) in [6.45, 7) is 1.93. The van der Waals surface area contributed by atoms with E-state index in [0.29, 0.717) is 11.4 Å². The Labute approximate surface area is 138 Å². The van der Waals surface area contributed by atoms with Crippen molar-refractivity contribution in [2.75, 3.05) is 11.2 Å². The molecule has 0 atom stereocenters. The van der Waals surface area contributed by atoms with Crippen LogP contribution in [-0.2, 0) is 6.42 Å². The number of hydrogen-bond donors (Lipinski definition) is 1. The smallest absolute Gasteiger partial charge is 0.255 e. The van der Waals surface area contributed by atoms with Crippen LogP contribution in [0.5, 0.6) is 0 Å². The molecule has 0 bridgehead atoms. The van der Waals surface area contributed by atoms with E-state index in [4.69, 9.17) is 11.6 Å². The van der Waals surface area contributed by atoms with Crippen molar-refractivity contribution < 1.29 is 4.79 Å². The molecular weight excluding hydrogens is 350 g/mol. The van der Waals surface area contributed by atoms with Crippen molar-refractivity contribution in [3.05, 3.63) is 63.6 Å². The molecule has 0 aromatic heterocycles. The molecule has 0 saturated heterocycles. The molecule has 1 N–H and O–H groups in total. The number of anilines is 1. The Morgan fingerprint density at radius 2 is 2.00 bits per heavy atom. The van der Waals surface area contributed by atoms with Gasteiger partial charge in [0.2, 0.25) is 0 Å². The van der Waals surface area contributed by atoms with E-state index >= 15 is 0 Å². The number of carbonyl (C=O) groups excluding carboxylic acids is 1. The Balaban J connectivity index is 2.14. The molecule has 0 aliphatic rings. The quantitative estimate of drug-likeness (QED) is 0.726. The monoisotopic (exact) mass is 365 g/mol. The van der Waals surface area contributed by atoms with Crippen molar-refractivity contribution in [1.29, 1.82) is 0 Å². The van der Waals surface area contributed by atoms with Crippen LogP contribution in [0, 0.1) is 6.92 Å². The third-order valence-electron chi connectivity index (χ3n) is 3.30. The molecule has 0 radical (unpaired) electrons. The predicted molar refractivity (Wildman–Crippen MR) is 92.3 cm³/mol. The summed E-state index contributed by atoms with van der Waals surface area (Å²) in [5.41, 5.74) is 3.61. The van der Waals surface area contributed by atoms with Gasteiger partial charge in [-0.2, -0.15) is 0 Å². The minimum absolute atomic E-state index is 0.0942. The Morgan fingerprint density at radius 3 is 2.76 bits per heavy atom. The molecule has 4 heteroatoms. The van der Waals surface area contributed by atoms with Gasteiger partial charge < -0.3 is 5.32 Å². The molecule has 2 aromatic rings. The first-order valence-electron chi connectivity index (χ1n) is 6.83. The normalized spacial score (nSPS) is 10.4. The van der Waals surface area contributed by atoms with E-state index in [2.05, 4.69) is 21.2 Å². The zero-order valence-corrected chi connectivity index (χ0v) is 14.2. The number of rotatable bonds is 5. The van der Waals surface area contributed by atoms with Gasteiger partial charge in [0.15, 0.2) is 0 Å². The molecule has 0 spiro atoms. The van der Waals surface area contributed by atoms with Crippen LogP contribution in [0.1, 0.15) is 27.9 Å². The summed E-state index contributed by atoms with van der Waals surface area (Å²) in [5, 5.41) is 2.95. The highest BCUT2D eigenvalue weighted by Gasteiger charge is 2.11. The predicted octanol–water partition coefficient (Wildman–Crippen LogP) is 5.18. The van der Waals surface area contributed by atoms with E-state index in [0.717, 1.165) is 28.6 Å². The van der Waals surface area contributed by atoms with Crippen molar-refractivity contribution >= 4 is 39.1 Å². The number of alkyl halides is 1. The summed E-state index contributed by atoms with van der Waals surface area (Å²) in [4.78, 5) is 12.4. The maximum absolute atomic E-state index is 12.4. The van der Waals surface area contributed by atoms with Gasteiger partial charge in [0.25, 0.3) is 5.91 Å². The second kappa shape index (κ2) is 7.62. The second-order valence-electron chi connectivity index (χ2n) is 4.86. The molecule has 2 rings (SSSR count). The molecule has 1 amide bonds. The fourth-order valence-electron chi connectivity index (χ4n) is 2.13. The van der Waals surface area contributed by atoms with Crippen molar-refractivity contribution in [1.82, 2.24) is 0 Å². The zero-order valence-electron chi connectivity index (χ0n) is 11.8. The fourth-order valence-corrected chi connectivity index (χ4v) is 2.63. The minimum Gasteiger partial charge on any atom is -0.322 e. The molecule has 21 heavy (non-hydrogen) atoms. The maximum Gasteiger partial charge on any atom is 0.255 e. The lowest BCUT2D eigenvalue weighted by Crippen LogP contribution is -2.13. The molecule has 0 heterocycles. The van der Waals surface area contributed by atoms with Crippen LogP contribution >= 0.6 is 27.5 Å². The van der Waals surface area contributed by atoms with Crippen LogP contribution in [0.25, 0.3) is 0 Å². The molecular formula is C17H17BrClNO. The SMILES string of the molecule is Cc1c(Br)cccc1C(=O)Nc1cccc(CCCCl)c1. The van der Waals surface area contributed by atoms with E-state index in [1.807, 2.05) is 49.4 Å². The van der Waals surface area contributed by atoms with Gasteiger partial charge in [0, 0.05) is 21.6 Å². The Hall–Kier alpha value is -1.32. The van der Waals surface area contributed by atoms with Crippen LogP contribution < -0.4 is 5.32 Å². The highest BCUT2D eigenvalue weighted by atomic mass is 79.9. The number of carbonyl (C=O) groups is 1. The van der Waals surface area contributed by atoms with Crippen LogP contribution in [0.4, 0.5) is 5.69 Å². The average Bonchev–Trinajstić information content (AvgIpc) is 2.48. The van der Waals surface area contributed by atoms with E-state index in [-0.39, 0.29) is 5.91 Å². The summed E-state index contributed by atoms with van der Waals surface area (Å²) >= 11 is 9.16. The molecule has 0 fully saturated rings. The number of aryl methyl sites for hydroxylation is 1. The van der Waals surface area contributed by atoms with Gasteiger partial charge in [-0.3, -0.25) is 4.79 Å². The summed E-state index contributed by atoms with van der Waals surface area (Å²) in [5.74, 6) is 0.552. The number of benzene rings is 2. The standard InChI is InChI=1S/C17H17BrClNO/c1-12-15(8-3-9-16(12)18)17(21)20-14-7-2-5-13(11-14)6-4-10-19/h2-3,5,7-9,11H,4,6,10H2,1H3,(H,20,21). The maximum atomic E-state index is 12.4. The van der Waals surface area contributed by atoms with Crippen molar-refractivity contribution in [2.45, 2.75) is 19.8 Å². The highest BCUT2D eigenvalue weighted by Crippen LogP contribution is 2.21. The Morgan fingerprint density at radius 1 is 1.24 bits per heavy atom. The van der Waals surface area contributed by atoms with Gasteiger partial charge in [0.05, 0.1) is 0 Å². The summed E-state index contributed by atoms with van der Waals surface area (Å²) in [6, 6.07) is 13.5. The van der Waals surface area contributed by atoms with Crippen molar-refractivity contribution in [3.63, 3.8) is 0 Å². The zero-order chi connectivity index (χ0) is 15.2. The molecule has 0 saturated carbocycles. The van der Waals surface area contributed by atoms with Crippen LogP contribution in [0.2, 0.25) is 0 Å². The number of halogens is 2. The number of amides is 1. The molecule has 110 valence electrons. The van der Waals surface area contributed by atoms with Crippen LogP contribution in [-0.4, -0.2) is 11.8 Å². The summed E-state index contributed by atoms with van der Waals surface area (Å²) in [6.07, 6.45) is 1.85. The van der Waals surface area contributed by atoms with Gasteiger partial charge in [-0.05, 0) is 55.2 Å². The first kappa shape index (κ1) is 16.1. The molecule has 2 aromatic carbocycles. The lowest BCUT2D eigenvalue weighted by molar-refractivity contribution is 0.102. The van der Waals surface area contributed by atoms with Gasteiger partial charge in [-0.15, -0.1) is 11.6 Å². The Kier molecular flexibility index (Phi) is 5.83. The lowest BCUT2D eigenvalue weighted by atomic mass is 10.1. The third-order valence-corrected chi connectivity index (χ3v) is 4.42. The van der Waals surface area contributed by atoms with Gasteiger partial charge in [0.1, 0.15) is 0 Å². The number of nitrogens with one attached hydrogen (secondary N) is 1. The molecule has 0 aliphatic carbocycles. The van der Waals surface area contributed by atoms with E-state index in [9.17, 15) is 4.79 Å². The van der Waals surface area contributed by atoms with E-state index in [1.165, 1.54) is 5.56 Å². The summed E-state index contributed by atoms with van der Waals surface area (Å²) < 4.78 is 0.936. The lowest BCUT2D eigenvalue weighted by Gasteiger charge is -2.10. The largest absolute Gasteiger partial charge is 0.322 e. The first-order chi connectivity index (χ1) is 10.1. The molecule has 0 unspecified atom stereocenters. The molecule has 2 nitrogen and oxygen atoms in total. The second-order valence-corrected chi connectivity index (χ2v) is 6.09.